The zero-order valence-electron chi connectivity index (χ0n) is 7.18. The van der Waals surface area contributed by atoms with Gasteiger partial charge in [0.25, 0.3) is 0 Å². The van der Waals surface area contributed by atoms with Gasteiger partial charge in [-0.05, 0) is 18.7 Å². The van der Waals surface area contributed by atoms with Gasteiger partial charge in [-0.2, -0.15) is 0 Å². The molecular weight excluding hydrogens is 138 g/mol. The molecule has 0 spiro atoms. The second-order valence-electron chi connectivity index (χ2n) is 2.51. The Kier molecular flexibility index (Phi) is 8.55. The maximum absolute atomic E-state index is 9.81. The normalized spacial score (nSPS) is 10.3. The summed E-state index contributed by atoms with van der Waals surface area (Å²) in [7, 11) is 0. The Morgan fingerprint density at radius 1 is 1.27 bits per heavy atom. The summed E-state index contributed by atoms with van der Waals surface area (Å²) >= 11 is 0. The molecule has 0 aliphatic heterocycles. The van der Waals surface area contributed by atoms with Gasteiger partial charge in [-0.15, -0.1) is 0 Å². The minimum Gasteiger partial charge on any atom is -0.391 e. The van der Waals surface area contributed by atoms with Gasteiger partial charge in [-0.3, -0.25) is 4.79 Å². The van der Waals surface area contributed by atoms with Gasteiger partial charge in [0.2, 0.25) is 0 Å². The van der Waals surface area contributed by atoms with Crippen LogP contribution in [0.4, 0.5) is 0 Å². The third kappa shape index (κ3) is 9.21. The molecule has 0 atom stereocenters. The van der Waals surface area contributed by atoms with Crippen LogP contribution in [0.25, 0.3) is 0 Å². The molecule has 0 unspecified atom stereocenters. The van der Waals surface area contributed by atoms with E-state index in [-0.39, 0.29) is 0 Å². The first-order valence-corrected chi connectivity index (χ1v) is 4.25. The smallest absolute Gasteiger partial charge is 0.144 e. The number of rotatable bonds is 7. The number of aldehydes is 1. The van der Waals surface area contributed by atoms with E-state index in [1.165, 1.54) is 31.8 Å². The molecule has 0 saturated heterocycles. The van der Waals surface area contributed by atoms with Crippen LogP contribution in [0.1, 0.15) is 32.6 Å². The molecular formula is C9H17NO. The highest BCUT2D eigenvalue weighted by Gasteiger charge is 1.83. The molecule has 0 radical (unpaired) electrons. The van der Waals surface area contributed by atoms with Crippen molar-refractivity contribution in [1.29, 1.82) is 0 Å². The topological polar surface area (TPSA) is 29.1 Å². The first kappa shape index (κ1) is 10.2. The van der Waals surface area contributed by atoms with Gasteiger partial charge in [0.05, 0.1) is 0 Å². The zero-order chi connectivity index (χ0) is 8.36. The lowest BCUT2D eigenvalue weighted by atomic mass is 10.2. The quantitative estimate of drug-likeness (QED) is 0.345. The maximum Gasteiger partial charge on any atom is 0.144 e. The van der Waals surface area contributed by atoms with E-state index >= 15 is 0 Å². The summed E-state index contributed by atoms with van der Waals surface area (Å²) in [6.07, 6.45) is 8.98. The Balaban J connectivity index is 2.90. The van der Waals surface area contributed by atoms with Crippen molar-refractivity contribution in [2.45, 2.75) is 32.6 Å². The predicted octanol–water partition coefficient (Wildman–Crippen LogP) is 1.87. The van der Waals surface area contributed by atoms with Gasteiger partial charge in [0, 0.05) is 6.54 Å². The third-order valence-corrected chi connectivity index (χ3v) is 1.47. The summed E-state index contributed by atoms with van der Waals surface area (Å²) in [6.45, 7) is 3.17. The number of hydrogen-bond acceptors (Lipinski definition) is 2. The molecule has 0 aliphatic carbocycles. The summed E-state index contributed by atoms with van der Waals surface area (Å²) in [6, 6.07) is 0. The summed E-state index contributed by atoms with van der Waals surface area (Å²) in [5.41, 5.74) is 0. The van der Waals surface area contributed by atoms with Crippen LogP contribution in [0.15, 0.2) is 12.3 Å². The van der Waals surface area contributed by atoms with Gasteiger partial charge in [-0.25, -0.2) is 0 Å². The van der Waals surface area contributed by atoms with Crippen molar-refractivity contribution >= 4 is 6.29 Å². The van der Waals surface area contributed by atoms with Crippen LogP contribution in [0.3, 0.4) is 0 Å². The van der Waals surface area contributed by atoms with Gasteiger partial charge in [-0.1, -0.05) is 26.2 Å². The molecule has 0 heterocycles. The summed E-state index contributed by atoms with van der Waals surface area (Å²) < 4.78 is 0. The van der Waals surface area contributed by atoms with Gasteiger partial charge in [0.1, 0.15) is 6.29 Å². The lowest BCUT2D eigenvalue weighted by Gasteiger charge is -1.98. The Morgan fingerprint density at radius 2 is 2.09 bits per heavy atom. The molecule has 11 heavy (non-hydrogen) atoms. The Hall–Kier alpha value is -0.790. The van der Waals surface area contributed by atoms with Crippen LogP contribution < -0.4 is 5.32 Å². The lowest BCUT2D eigenvalue weighted by molar-refractivity contribution is -0.104. The highest BCUT2D eigenvalue weighted by molar-refractivity contribution is 5.64. The third-order valence-electron chi connectivity index (χ3n) is 1.47. The van der Waals surface area contributed by atoms with E-state index in [2.05, 4.69) is 12.2 Å². The molecule has 0 aromatic heterocycles. The molecule has 0 aromatic carbocycles. The average molecular weight is 155 g/mol. The summed E-state index contributed by atoms with van der Waals surface area (Å²) in [5.74, 6) is 0. The summed E-state index contributed by atoms with van der Waals surface area (Å²) in [5, 5.41) is 3.03. The fraction of sp³-hybridized carbons (Fsp3) is 0.667. The Morgan fingerprint density at radius 3 is 2.73 bits per heavy atom. The molecule has 1 N–H and O–H groups in total. The molecule has 0 aromatic rings. The summed E-state index contributed by atoms with van der Waals surface area (Å²) in [4.78, 5) is 9.81. The van der Waals surface area contributed by atoms with E-state index in [0.717, 1.165) is 12.8 Å². The van der Waals surface area contributed by atoms with Crippen molar-refractivity contribution in [1.82, 2.24) is 5.32 Å². The van der Waals surface area contributed by atoms with Crippen LogP contribution in [0.2, 0.25) is 0 Å². The molecule has 0 saturated carbocycles. The van der Waals surface area contributed by atoms with E-state index in [0.29, 0.717) is 0 Å². The molecule has 0 bridgehead atoms. The fourth-order valence-corrected chi connectivity index (χ4v) is 0.844. The van der Waals surface area contributed by atoms with Gasteiger partial charge >= 0.3 is 0 Å². The average Bonchev–Trinajstić information content (AvgIpc) is 2.03. The number of carbonyl (C=O) groups is 1. The van der Waals surface area contributed by atoms with Crippen molar-refractivity contribution in [3.63, 3.8) is 0 Å². The molecule has 64 valence electrons. The highest BCUT2D eigenvalue weighted by atomic mass is 16.1. The molecule has 2 nitrogen and oxygen atoms in total. The maximum atomic E-state index is 9.81. The minimum atomic E-state index is 0.777. The fourth-order valence-electron chi connectivity index (χ4n) is 0.844. The minimum absolute atomic E-state index is 0.777. The Labute approximate surface area is 68.7 Å². The second-order valence-corrected chi connectivity index (χ2v) is 2.51. The number of allylic oxidation sites excluding steroid dienone is 1. The lowest BCUT2D eigenvalue weighted by Crippen LogP contribution is -2.06. The first-order valence-electron chi connectivity index (χ1n) is 4.25. The van der Waals surface area contributed by atoms with Gasteiger partial charge < -0.3 is 5.32 Å². The number of nitrogens with one attached hydrogen (secondary N) is 1. The predicted molar refractivity (Wildman–Crippen MR) is 47.3 cm³/mol. The van der Waals surface area contributed by atoms with Crippen LogP contribution in [0.5, 0.6) is 0 Å². The molecule has 0 amide bonds. The van der Waals surface area contributed by atoms with E-state index in [9.17, 15) is 4.79 Å². The van der Waals surface area contributed by atoms with Crippen LogP contribution in [0, 0.1) is 0 Å². The van der Waals surface area contributed by atoms with Gasteiger partial charge in [0.15, 0.2) is 0 Å². The zero-order valence-corrected chi connectivity index (χ0v) is 7.18. The van der Waals surface area contributed by atoms with Crippen molar-refractivity contribution in [2.24, 2.45) is 0 Å². The second kappa shape index (κ2) is 9.21. The van der Waals surface area contributed by atoms with Crippen molar-refractivity contribution in [3.8, 4) is 0 Å². The highest BCUT2D eigenvalue weighted by Crippen LogP contribution is 1.96. The van der Waals surface area contributed by atoms with E-state index in [4.69, 9.17) is 0 Å². The number of hydrogen-bond donors (Lipinski definition) is 1. The van der Waals surface area contributed by atoms with E-state index in [1.807, 2.05) is 0 Å². The van der Waals surface area contributed by atoms with Crippen LogP contribution in [-0.4, -0.2) is 12.8 Å². The number of carbonyl (C=O) groups excluding carboxylic acids is 1. The first-order chi connectivity index (χ1) is 5.41. The molecule has 0 fully saturated rings. The van der Waals surface area contributed by atoms with E-state index in [1.54, 1.807) is 6.20 Å². The standard InChI is InChI=1S/C9H17NO/c1-2-3-4-5-7-10-8-6-9-11/h6,8-10H,2-5,7H2,1H3/b8-6+. The van der Waals surface area contributed by atoms with Crippen molar-refractivity contribution in [2.75, 3.05) is 6.54 Å². The molecule has 0 aliphatic rings. The van der Waals surface area contributed by atoms with Crippen molar-refractivity contribution < 1.29 is 4.79 Å². The largest absolute Gasteiger partial charge is 0.391 e. The number of unbranched alkanes of at least 4 members (excludes halogenated alkanes) is 3. The monoisotopic (exact) mass is 155 g/mol. The molecule has 2 heteroatoms. The molecule has 0 rings (SSSR count). The van der Waals surface area contributed by atoms with Crippen molar-refractivity contribution in [3.05, 3.63) is 12.3 Å². The SMILES string of the molecule is CCCCCCN/C=C/C=O. The van der Waals surface area contributed by atoms with E-state index < -0.39 is 0 Å². The van der Waals surface area contributed by atoms with Crippen LogP contribution >= 0.6 is 0 Å². The van der Waals surface area contributed by atoms with Crippen LogP contribution in [-0.2, 0) is 4.79 Å². The Bertz CT molecular complexity index is 110.